The van der Waals surface area contributed by atoms with E-state index in [-0.39, 0.29) is 12.5 Å². The van der Waals surface area contributed by atoms with Gasteiger partial charge in [-0.25, -0.2) is 0 Å². The van der Waals surface area contributed by atoms with Crippen molar-refractivity contribution >= 4 is 21.8 Å². The van der Waals surface area contributed by atoms with Gasteiger partial charge in [0.25, 0.3) is 5.91 Å². The van der Waals surface area contributed by atoms with Gasteiger partial charge in [0.05, 0.1) is 0 Å². The summed E-state index contributed by atoms with van der Waals surface area (Å²) in [5.41, 5.74) is 2.25. The first-order valence-corrected chi connectivity index (χ1v) is 9.49. The van der Waals surface area contributed by atoms with Crippen LogP contribution in [0.15, 0.2) is 16.6 Å². The molecule has 0 aliphatic heterocycles. The van der Waals surface area contributed by atoms with E-state index in [1.165, 1.54) is 25.7 Å². The van der Waals surface area contributed by atoms with Crippen molar-refractivity contribution in [3.63, 3.8) is 0 Å². The van der Waals surface area contributed by atoms with Crippen LogP contribution >= 0.6 is 15.9 Å². The van der Waals surface area contributed by atoms with Crippen LogP contribution in [0.1, 0.15) is 69.4 Å². The van der Waals surface area contributed by atoms with E-state index in [4.69, 9.17) is 4.74 Å². The van der Waals surface area contributed by atoms with E-state index in [0.29, 0.717) is 12.0 Å². The smallest absolute Gasteiger partial charge is 0.258 e. The van der Waals surface area contributed by atoms with Crippen molar-refractivity contribution in [2.45, 2.75) is 71.3 Å². The summed E-state index contributed by atoms with van der Waals surface area (Å²) in [7, 11) is 0. The number of aryl methyl sites for hydroxylation is 1. The zero-order valence-corrected chi connectivity index (χ0v) is 16.0. The molecule has 3 nitrogen and oxygen atoms in total. The van der Waals surface area contributed by atoms with Gasteiger partial charge in [-0.3, -0.25) is 4.79 Å². The zero-order chi connectivity index (χ0) is 16.8. The largest absolute Gasteiger partial charge is 0.483 e. The molecule has 0 bridgehead atoms. The normalized spacial score (nSPS) is 16.2. The molecule has 0 aromatic heterocycles. The van der Waals surface area contributed by atoms with Crippen LogP contribution in [0.5, 0.6) is 5.75 Å². The molecule has 0 spiro atoms. The number of hydrogen-bond acceptors (Lipinski definition) is 2. The van der Waals surface area contributed by atoms with E-state index in [1.54, 1.807) is 0 Å². The van der Waals surface area contributed by atoms with Crippen molar-refractivity contribution in [2.24, 2.45) is 0 Å². The van der Waals surface area contributed by atoms with Gasteiger partial charge in [-0.1, -0.05) is 55.5 Å². The molecule has 128 valence electrons. The van der Waals surface area contributed by atoms with E-state index < -0.39 is 0 Å². The fraction of sp³-hybridized carbons (Fsp3) is 0.632. The molecular formula is C19H28BrNO2. The van der Waals surface area contributed by atoms with E-state index in [1.807, 2.05) is 13.0 Å². The van der Waals surface area contributed by atoms with Crippen molar-refractivity contribution in [3.8, 4) is 5.75 Å². The van der Waals surface area contributed by atoms with Gasteiger partial charge in [0.2, 0.25) is 0 Å². The fourth-order valence-corrected chi connectivity index (χ4v) is 3.44. The number of carbonyl (C=O) groups is 1. The quantitative estimate of drug-likeness (QED) is 0.720. The van der Waals surface area contributed by atoms with Gasteiger partial charge in [-0.2, -0.15) is 0 Å². The molecule has 1 N–H and O–H groups in total. The first kappa shape index (κ1) is 18.3. The second-order valence-corrected chi connectivity index (χ2v) is 7.69. The maximum absolute atomic E-state index is 12.2. The Bertz CT molecular complexity index is 534. The lowest BCUT2D eigenvalue weighted by atomic mass is 10.0. The maximum atomic E-state index is 12.2. The molecule has 0 atom stereocenters. The van der Waals surface area contributed by atoms with Crippen molar-refractivity contribution in [1.29, 1.82) is 0 Å². The minimum absolute atomic E-state index is 0.00724. The summed E-state index contributed by atoms with van der Waals surface area (Å²) in [6, 6.07) is 4.43. The monoisotopic (exact) mass is 381 g/mol. The molecule has 1 amide bonds. The van der Waals surface area contributed by atoms with Crippen LogP contribution in [0, 0.1) is 6.92 Å². The third-order valence-electron chi connectivity index (χ3n) is 4.49. The van der Waals surface area contributed by atoms with Gasteiger partial charge in [0, 0.05) is 10.5 Å². The minimum atomic E-state index is -0.00724. The van der Waals surface area contributed by atoms with Crippen LogP contribution in [0.2, 0.25) is 0 Å². The maximum Gasteiger partial charge on any atom is 0.258 e. The topological polar surface area (TPSA) is 38.3 Å². The van der Waals surface area contributed by atoms with E-state index in [0.717, 1.165) is 34.2 Å². The molecule has 0 unspecified atom stereocenters. The Morgan fingerprint density at radius 2 is 1.91 bits per heavy atom. The summed E-state index contributed by atoms with van der Waals surface area (Å²) in [6.45, 7) is 6.40. The summed E-state index contributed by atoms with van der Waals surface area (Å²) in [5, 5.41) is 3.13. The molecule has 1 aliphatic rings. The standard InChI is InChI=1S/C19H28BrNO2/c1-13(2)16-11-17(20)14(3)10-18(16)23-12-19(22)21-15-8-6-4-5-7-9-15/h10-11,13,15H,4-9,12H2,1-3H3,(H,21,22). The van der Waals surface area contributed by atoms with Gasteiger partial charge >= 0.3 is 0 Å². The molecule has 1 aromatic carbocycles. The Morgan fingerprint density at radius 1 is 1.26 bits per heavy atom. The van der Waals surface area contributed by atoms with Crippen LogP contribution < -0.4 is 10.1 Å². The molecule has 1 aromatic rings. The fourth-order valence-electron chi connectivity index (χ4n) is 3.08. The second-order valence-electron chi connectivity index (χ2n) is 6.84. The molecule has 23 heavy (non-hydrogen) atoms. The van der Waals surface area contributed by atoms with Gasteiger partial charge in [0.15, 0.2) is 6.61 Å². The highest BCUT2D eigenvalue weighted by atomic mass is 79.9. The minimum Gasteiger partial charge on any atom is -0.483 e. The molecule has 0 saturated heterocycles. The Kier molecular flexibility index (Phi) is 6.94. The summed E-state index contributed by atoms with van der Waals surface area (Å²) in [4.78, 5) is 12.2. The van der Waals surface area contributed by atoms with Gasteiger partial charge < -0.3 is 10.1 Å². The third-order valence-corrected chi connectivity index (χ3v) is 5.35. The number of amides is 1. The Balaban J connectivity index is 1.94. The number of nitrogens with one attached hydrogen (secondary N) is 1. The zero-order valence-electron chi connectivity index (χ0n) is 14.5. The predicted octanol–water partition coefficient (Wildman–Crippen LogP) is 5.10. The molecular weight excluding hydrogens is 354 g/mol. The van der Waals surface area contributed by atoms with Crippen molar-refractivity contribution in [3.05, 3.63) is 27.7 Å². The third kappa shape index (κ3) is 5.52. The molecule has 1 saturated carbocycles. The van der Waals surface area contributed by atoms with Crippen LogP contribution in [0.25, 0.3) is 0 Å². The summed E-state index contributed by atoms with van der Waals surface area (Å²) >= 11 is 3.57. The number of carbonyl (C=O) groups excluding carboxylic acids is 1. The SMILES string of the molecule is Cc1cc(OCC(=O)NC2CCCCCC2)c(C(C)C)cc1Br. The number of rotatable bonds is 5. The number of hydrogen-bond donors (Lipinski definition) is 1. The highest BCUT2D eigenvalue weighted by Gasteiger charge is 2.16. The number of ether oxygens (including phenoxy) is 1. The predicted molar refractivity (Wildman–Crippen MR) is 98.1 cm³/mol. The highest BCUT2D eigenvalue weighted by Crippen LogP contribution is 2.32. The Labute approximate surface area is 148 Å². The lowest BCUT2D eigenvalue weighted by Gasteiger charge is -2.18. The summed E-state index contributed by atoms with van der Waals surface area (Å²) in [5.74, 6) is 1.16. The average Bonchev–Trinajstić information content (AvgIpc) is 2.76. The molecule has 4 heteroatoms. The lowest BCUT2D eigenvalue weighted by Crippen LogP contribution is -2.37. The summed E-state index contributed by atoms with van der Waals surface area (Å²) in [6.07, 6.45) is 7.21. The average molecular weight is 382 g/mol. The first-order chi connectivity index (χ1) is 11.0. The Morgan fingerprint density at radius 3 is 2.52 bits per heavy atom. The molecule has 0 radical (unpaired) electrons. The second kappa shape index (κ2) is 8.72. The number of halogens is 1. The molecule has 2 rings (SSSR count). The van der Waals surface area contributed by atoms with Gasteiger partial charge in [-0.15, -0.1) is 0 Å². The molecule has 1 fully saturated rings. The molecule has 0 heterocycles. The van der Waals surface area contributed by atoms with E-state index in [9.17, 15) is 4.79 Å². The van der Waals surface area contributed by atoms with Crippen LogP contribution in [-0.2, 0) is 4.79 Å². The highest BCUT2D eigenvalue weighted by molar-refractivity contribution is 9.10. The summed E-state index contributed by atoms with van der Waals surface area (Å²) < 4.78 is 6.92. The van der Waals surface area contributed by atoms with Crippen LogP contribution in [0.4, 0.5) is 0 Å². The Hall–Kier alpha value is -1.03. The van der Waals surface area contributed by atoms with Crippen LogP contribution in [0.3, 0.4) is 0 Å². The van der Waals surface area contributed by atoms with Crippen LogP contribution in [-0.4, -0.2) is 18.6 Å². The van der Waals surface area contributed by atoms with Crippen molar-refractivity contribution in [1.82, 2.24) is 5.32 Å². The van der Waals surface area contributed by atoms with Gasteiger partial charge in [-0.05, 0) is 48.9 Å². The lowest BCUT2D eigenvalue weighted by molar-refractivity contribution is -0.123. The number of benzene rings is 1. The van der Waals surface area contributed by atoms with E-state index >= 15 is 0 Å². The van der Waals surface area contributed by atoms with Gasteiger partial charge in [0.1, 0.15) is 5.75 Å². The van der Waals surface area contributed by atoms with Crippen molar-refractivity contribution in [2.75, 3.05) is 6.61 Å². The molecule has 1 aliphatic carbocycles. The van der Waals surface area contributed by atoms with Crippen molar-refractivity contribution < 1.29 is 9.53 Å². The van der Waals surface area contributed by atoms with E-state index in [2.05, 4.69) is 41.2 Å². The first-order valence-electron chi connectivity index (χ1n) is 8.69.